The average molecular weight is 441 g/mol. The second kappa shape index (κ2) is 8.33. The molecule has 154 valence electrons. The molecule has 0 aromatic heterocycles. The molecule has 3 nitrogen and oxygen atoms in total. The van der Waals surface area contributed by atoms with E-state index in [0.29, 0.717) is 18.4 Å². The summed E-state index contributed by atoms with van der Waals surface area (Å²) in [5.41, 5.74) is 0.685. The first-order valence-electron chi connectivity index (χ1n) is 9.04. The maximum absolute atomic E-state index is 12.9. The van der Waals surface area contributed by atoms with Crippen LogP contribution in [-0.2, 0) is 16.0 Å². The Morgan fingerprint density at radius 1 is 1.14 bits per heavy atom. The summed E-state index contributed by atoms with van der Waals surface area (Å²) in [4.78, 5) is 12.3. The van der Waals surface area contributed by atoms with E-state index in [2.05, 4.69) is 0 Å². The van der Waals surface area contributed by atoms with Gasteiger partial charge in [0.1, 0.15) is 22.8 Å². The number of hydrogen-bond donors (Lipinski definition) is 0. The molecule has 0 heterocycles. The second-order valence-corrected chi connectivity index (χ2v) is 8.45. The van der Waals surface area contributed by atoms with E-state index in [9.17, 15) is 13.6 Å². The van der Waals surface area contributed by atoms with E-state index >= 15 is 0 Å². The molecule has 3 rings (SSSR count). The minimum absolute atomic E-state index is 0.00524. The largest absolute Gasteiger partial charge is 0.457 e. The molecule has 2 atom stereocenters. The SMILES string of the molecule is CC1(C)[C@@H](Cc2cccc(Oc3ccccc3)c2)[C@@H]1C(=O)OC=C(Cl)C(F)(F)Cl. The highest BCUT2D eigenvalue weighted by Crippen LogP contribution is 2.60. The van der Waals surface area contributed by atoms with Gasteiger partial charge in [-0.25, -0.2) is 0 Å². The minimum atomic E-state index is -3.76. The molecule has 29 heavy (non-hydrogen) atoms. The van der Waals surface area contributed by atoms with Crippen molar-refractivity contribution >= 4 is 29.2 Å². The van der Waals surface area contributed by atoms with Gasteiger partial charge >= 0.3 is 11.4 Å². The number of benzene rings is 2. The summed E-state index contributed by atoms with van der Waals surface area (Å²) in [6.45, 7) is 3.88. The zero-order valence-corrected chi connectivity index (χ0v) is 17.4. The second-order valence-electron chi connectivity index (χ2n) is 7.57. The van der Waals surface area contributed by atoms with Gasteiger partial charge in [0.15, 0.2) is 0 Å². The van der Waals surface area contributed by atoms with Gasteiger partial charge < -0.3 is 9.47 Å². The molecule has 2 aromatic carbocycles. The normalized spacial score (nSPS) is 20.8. The van der Waals surface area contributed by atoms with Crippen LogP contribution in [0.1, 0.15) is 19.4 Å². The number of ether oxygens (including phenoxy) is 2. The van der Waals surface area contributed by atoms with E-state index < -0.39 is 22.3 Å². The summed E-state index contributed by atoms with van der Waals surface area (Å²) >= 11 is 10.1. The number of allylic oxidation sites excluding steroid dienone is 1. The Morgan fingerprint density at radius 2 is 1.79 bits per heavy atom. The third-order valence-electron chi connectivity index (χ3n) is 5.19. The van der Waals surface area contributed by atoms with Crippen LogP contribution in [0.15, 0.2) is 65.9 Å². The molecule has 0 saturated heterocycles. The fourth-order valence-electron chi connectivity index (χ4n) is 3.46. The predicted molar refractivity (Wildman–Crippen MR) is 108 cm³/mol. The van der Waals surface area contributed by atoms with Crippen LogP contribution in [0.2, 0.25) is 0 Å². The van der Waals surface area contributed by atoms with Crippen LogP contribution in [0, 0.1) is 17.3 Å². The standard InChI is InChI=1S/C22H20Cl2F2O3/c1-21(2)17(19(21)20(27)28-13-18(23)22(24,25)26)12-14-7-6-10-16(11-14)29-15-8-4-3-5-9-15/h3-11,13,17,19H,12H2,1-2H3/t17-,19+/m0/s1. The van der Waals surface area contributed by atoms with E-state index in [1.807, 2.05) is 68.4 Å². The number of hydrogen-bond acceptors (Lipinski definition) is 3. The molecule has 1 saturated carbocycles. The van der Waals surface area contributed by atoms with Gasteiger partial charge in [0, 0.05) is 0 Å². The van der Waals surface area contributed by atoms with Gasteiger partial charge in [-0.1, -0.05) is 55.8 Å². The van der Waals surface area contributed by atoms with Crippen LogP contribution in [0.3, 0.4) is 0 Å². The number of alkyl halides is 3. The average Bonchev–Trinajstić information content (AvgIpc) is 3.19. The Labute approximate surface area is 178 Å². The van der Waals surface area contributed by atoms with Crippen LogP contribution in [0.5, 0.6) is 11.5 Å². The van der Waals surface area contributed by atoms with Crippen molar-refractivity contribution in [2.45, 2.75) is 25.7 Å². The van der Waals surface area contributed by atoms with E-state index in [1.165, 1.54) is 0 Å². The highest BCUT2D eigenvalue weighted by molar-refractivity contribution is 6.38. The summed E-state index contributed by atoms with van der Waals surface area (Å²) in [5, 5.41) is -4.80. The number of rotatable bonds is 7. The highest BCUT2D eigenvalue weighted by atomic mass is 35.5. The minimum Gasteiger partial charge on any atom is -0.457 e. The molecule has 0 radical (unpaired) electrons. The molecule has 7 heteroatoms. The molecule has 0 spiro atoms. The van der Waals surface area contributed by atoms with Gasteiger partial charge in [0.05, 0.1) is 5.92 Å². The van der Waals surface area contributed by atoms with Gasteiger partial charge in [-0.15, -0.1) is 0 Å². The number of carbonyl (C=O) groups excluding carboxylic acids is 1. The van der Waals surface area contributed by atoms with Crippen LogP contribution in [-0.4, -0.2) is 11.4 Å². The topological polar surface area (TPSA) is 35.5 Å². The molecular weight excluding hydrogens is 421 g/mol. The van der Waals surface area contributed by atoms with Gasteiger partial charge in [-0.05, 0) is 59.2 Å². The number of para-hydroxylation sites is 1. The molecule has 0 amide bonds. The van der Waals surface area contributed by atoms with Crippen molar-refractivity contribution in [2.24, 2.45) is 17.3 Å². The third kappa shape index (κ3) is 5.28. The monoisotopic (exact) mass is 440 g/mol. The van der Waals surface area contributed by atoms with Crippen LogP contribution in [0.25, 0.3) is 0 Å². The van der Waals surface area contributed by atoms with Crippen molar-refractivity contribution in [2.75, 3.05) is 0 Å². The molecule has 1 fully saturated rings. The Bertz CT molecular complexity index is 908. The first kappa shape index (κ1) is 21.6. The summed E-state index contributed by atoms with van der Waals surface area (Å²) < 4.78 is 36.4. The smallest absolute Gasteiger partial charge is 0.361 e. The van der Waals surface area contributed by atoms with E-state index in [1.54, 1.807) is 0 Å². The molecule has 0 bridgehead atoms. The van der Waals surface area contributed by atoms with E-state index in [4.69, 9.17) is 32.7 Å². The summed E-state index contributed by atoms with van der Waals surface area (Å²) in [5.74, 6) is 0.412. The number of carbonyl (C=O) groups is 1. The van der Waals surface area contributed by atoms with E-state index in [0.717, 1.165) is 11.3 Å². The van der Waals surface area contributed by atoms with Crippen LogP contribution in [0.4, 0.5) is 8.78 Å². The predicted octanol–water partition coefficient (Wildman–Crippen LogP) is 6.75. The van der Waals surface area contributed by atoms with Gasteiger partial charge in [-0.2, -0.15) is 8.78 Å². The molecular formula is C22H20Cl2F2O3. The third-order valence-corrected chi connectivity index (χ3v) is 5.81. The van der Waals surface area contributed by atoms with Gasteiger partial charge in [-0.3, -0.25) is 4.79 Å². The van der Waals surface area contributed by atoms with Crippen molar-refractivity contribution < 1.29 is 23.0 Å². The molecule has 0 unspecified atom stereocenters. The van der Waals surface area contributed by atoms with Crippen LogP contribution < -0.4 is 4.74 Å². The highest BCUT2D eigenvalue weighted by Gasteiger charge is 2.62. The lowest BCUT2D eigenvalue weighted by atomic mass is 10.0. The summed E-state index contributed by atoms with van der Waals surface area (Å²) in [7, 11) is 0. The zero-order chi connectivity index (χ0) is 21.2. The van der Waals surface area contributed by atoms with Crippen molar-refractivity contribution in [3.63, 3.8) is 0 Å². The number of halogens is 4. The lowest BCUT2D eigenvalue weighted by Crippen LogP contribution is -2.11. The van der Waals surface area contributed by atoms with Crippen molar-refractivity contribution in [1.82, 2.24) is 0 Å². The molecule has 1 aliphatic carbocycles. The van der Waals surface area contributed by atoms with Gasteiger partial charge in [0.25, 0.3) is 0 Å². The number of esters is 1. The maximum atomic E-state index is 12.9. The molecule has 0 N–H and O–H groups in total. The summed E-state index contributed by atoms with van der Waals surface area (Å²) in [6.07, 6.45) is 1.14. The lowest BCUT2D eigenvalue weighted by molar-refractivity contribution is -0.140. The Kier molecular flexibility index (Phi) is 6.20. The van der Waals surface area contributed by atoms with Crippen molar-refractivity contribution in [1.29, 1.82) is 0 Å². The molecule has 1 aliphatic rings. The first-order valence-corrected chi connectivity index (χ1v) is 9.80. The Balaban J connectivity index is 1.64. The van der Waals surface area contributed by atoms with Crippen molar-refractivity contribution in [3.05, 3.63) is 71.5 Å². The van der Waals surface area contributed by atoms with Crippen molar-refractivity contribution in [3.8, 4) is 11.5 Å². The quantitative estimate of drug-likeness (QED) is 0.271. The van der Waals surface area contributed by atoms with E-state index in [-0.39, 0.29) is 11.3 Å². The zero-order valence-electron chi connectivity index (χ0n) is 15.9. The Morgan fingerprint density at radius 3 is 2.45 bits per heavy atom. The fourth-order valence-corrected chi connectivity index (χ4v) is 3.55. The summed E-state index contributed by atoms with van der Waals surface area (Å²) in [6, 6.07) is 17.1. The molecule has 2 aromatic rings. The lowest BCUT2D eigenvalue weighted by Gasteiger charge is -2.08. The molecule has 0 aliphatic heterocycles. The maximum Gasteiger partial charge on any atom is 0.361 e. The Hall–Kier alpha value is -2.11. The van der Waals surface area contributed by atoms with Crippen LogP contribution >= 0.6 is 23.2 Å². The first-order chi connectivity index (χ1) is 13.6. The van der Waals surface area contributed by atoms with Gasteiger partial charge in [0.2, 0.25) is 0 Å². The fraction of sp³-hybridized carbons (Fsp3) is 0.318.